The van der Waals surface area contributed by atoms with E-state index in [1.807, 2.05) is 6.07 Å². The summed E-state index contributed by atoms with van der Waals surface area (Å²) in [6.07, 6.45) is 3.10. The number of carboxylic acids is 1. The van der Waals surface area contributed by atoms with Crippen LogP contribution >= 0.6 is 0 Å². The number of aromatic nitrogens is 1. The zero-order valence-electron chi connectivity index (χ0n) is 7.71. The smallest absolute Gasteiger partial charge is 0.307 e. The number of hydrogen-bond acceptors (Lipinski definition) is 3. The first-order valence-corrected chi connectivity index (χ1v) is 4.19. The zero-order chi connectivity index (χ0) is 10.6. The van der Waals surface area contributed by atoms with Crippen molar-refractivity contribution in [2.75, 3.05) is 0 Å². The molecule has 4 nitrogen and oxygen atoms in total. The maximum atomic E-state index is 10.7. The van der Waals surface area contributed by atoms with Crippen molar-refractivity contribution in [3.05, 3.63) is 30.1 Å². The standard InChI is InChI=1S/C10H10N2O2/c1-7(10(13)14)9(6-11)8-2-4-12-5-3-8/h2-5,7,9H,1H3,(H,13,14). The van der Waals surface area contributed by atoms with Gasteiger partial charge in [0.15, 0.2) is 0 Å². The van der Waals surface area contributed by atoms with Gasteiger partial charge in [-0.15, -0.1) is 0 Å². The van der Waals surface area contributed by atoms with Gasteiger partial charge in [-0.25, -0.2) is 0 Å². The number of nitrogens with zero attached hydrogens (tertiary/aromatic N) is 2. The van der Waals surface area contributed by atoms with Gasteiger partial charge in [0.25, 0.3) is 0 Å². The Morgan fingerprint density at radius 3 is 2.57 bits per heavy atom. The molecule has 2 atom stereocenters. The highest BCUT2D eigenvalue weighted by Gasteiger charge is 2.24. The lowest BCUT2D eigenvalue weighted by molar-refractivity contribution is -0.141. The fourth-order valence-electron chi connectivity index (χ4n) is 1.19. The minimum absolute atomic E-state index is 0.615. The van der Waals surface area contributed by atoms with E-state index in [9.17, 15) is 4.79 Å². The van der Waals surface area contributed by atoms with Crippen LogP contribution in [0.1, 0.15) is 18.4 Å². The normalized spacial score (nSPS) is 14.0. The second kappa shape index (κ2) is 4.38. The van der Waals surface area contributed by atoms with Gasteiger partial charge in [-0.3, -0.25) is 9.78 Å². The molecule has 0 aliphatic heterocycles. The first-order valence-electron chi connectivity index (χ1n) is 4.19. The van der Waals surface area contributed by atoms with Crippen molar-refractivity contribution in [3.63, 3.8) is 0 Å². The highest BCUT2D eigenvalue weighted by molar-refractivity contribution is 5.71. The molecule has 0 amide bonds. The van der Waals surface area contributed by atoms with Gasteiger partial charge in [0, 0.05) is 12.4 Å². The highest BCUT2D eigenvalue weighted by atomic mass is 16.4. The lowest BCUT2D eigenvalue weighted by Crippen LogP contribution is -2.17. The Kier molecular flexibility index (Phi) is 3.19. The van der Waals surface area contributed by atoms with E-state index < -0.39 is 17.8 Å². The van der Waals surface area contributed by atoms with Crippen molar-refractivity contribution in [1.82, 2.24) is 4.98 Å². The average molecular weight is 190 g/mol. The SMILES string of the molecule is CC(C(=O)O)C(C#N)c1ccncc1. The highest BCUT2D eigenvalue weighted by Crippen LogP contribution is 2.23. The molecular formula is C10H10N2O2. The summed E-state index contributed by atoms with van der Waals surface area (Å²) in [7, 11) is 0. The molecule has 0 saturated heterocycles. The summed E-state index contributed by atoms with van der Waals surface area (Å²) in [5.41, 5.74) is 0.692. The first kappa shape index (κ1) is 10.2. The molecule has 1 rings (SSSR count). The van der Waals surface area contributed by atoms with E-state index in [1.54, 1.807) is 24.5 Å². The molecule has 0 aliphatic carbocycles. The van der Waals surface area contributed by atoms with Crippen molar-refractivity contribution in [1.29, 1.82) is 5.26 Å². The number of rotatable bonds is 3. The minimum Gasteiger partial charge on any atom is -0.481 e. The summed E-state index contributed by atoms with van der Waals surface area (Å²) in [6, 6.07) is 5.31. The molecule has 0 radical (unpaired) electrons. The Morgan fingerprint density at radius 1 is 1.57 bits per heavy atom. The molecule has 14 heavy (non-hydrogen) atoms. The Morgan fingerprint density at radius 2 is 2.14 bits per heavy atom. The fraction of sp³-hybridized carbons (Fsp3) is 0.300. The topological polar surface area (TPSA) is 74.0 Å². The molecule has 0 spiro atoms. The largest absolute Gasteiger partial charge is 0.481 e. The molecule has 0 bridgehead atoms. The number of carboxylic acid groups (broad SMARTS) is 1. The first-order chi connectivity index (χ1) is 6.66. The molecule has 1 aromatic heterocycles. The Labute approximate surface area is 81.8 Å². The molecule has 72 valence electrons. The summed E-state index contributed by atoms with van der Waals surface area (Å²) >= 11 is 0. The third-order valence-electron chi connectivity index (χ3n) is 2.09. The molecule has 0 aromatic carbocycles. The van der Waals surface area contributed by atoms with Crippen molar-refractivity contribution in [3.8, 4) is 6.07 Å². The summed E-state index contributed by atoms with van der Waals surface area (Å²) in [5, 5.41) is 17.6. The minimum atomic E-state index is -0.964. The van der Waals surface area contributed by atoms with E-state index in [1.165, 1.54) is 6.92 Å². The van der Waals surface area contributed by atoms with Gasteiger partial charge < -0.3 is 5.11 Å². The maximum Gasteiger partial charge on any atom is 0.307 e. The van der Waals surface area contributed by atoms with Gasteiger partial charge in [0.2, 0.25) is 0 Å². The summed E-state index contributed by atoms with van der Waals surface area (Å²) in [4.78, 5) is 14.5. The molecule has 1 aromatic rings. The Bertz CT molecular complexity index is 356. The molecule has 0 saturated carbocycles. The van der Waals surface area contributed by atoms with E-state index in [2.05, 4.69) is 4.98 Å². The van der Waals surface area contributed by atoms with Crippen molar-refractivity contribution in [2.45, 2.75) is 12.8 Å². The molecule has 1 N–H and O–H groups in total. The lowest BCUT2D eigenvalue weighted by Gasteiger charge is -2.12. The molecule has 0 fully saturated rings. The van der Waals surface area contributed by atoms with Crippen LogP contribution in [-0.4, -0.2) is 16.1 Å². The monoisotopic (exact) mass is 190 g/mol. The third kappa shape index (κ3) is 2.07. The molecule has 2 unspecified atom stereocenters. The van der Waals surface area contributed by atoms with Crippen LogP contribution in [-0.2, 0) is 4.79 Å². The van der Waals surface area contributed by atoms with Crippen LogP contribution in [0.2, 0.25) is 0 Å². The second-order valence-electron chi connectivity index (χ2n) is 3.01. The van der Waals surface area contributed by atoms with Crippen LogP contribution in [0.4, 0.5) is 0 Å². The van der Waals surface area contributed by atoms with Gasteiger partial charge >= 0.3 is 5.97 Å². The number of aliphatic carboxylic acids is 1. The zero-order valence-corrected chi connectivity index (χ0v) is 7.71. The molecule has 0 aliphatic rings. The van der Waals surface area contributed by atoms with Crippen molar-refractivity contribution < 1.29 is 9.90 Å². The number of hydrogen-bond donors (Lipinski definition) is 1. The van der Waals surface area contributed by atoms with Crippen LogP contribution in [0.25, 0.3) is 0 Å². The molecular weight excluding hydrogens is 180 g/mol. The van der Waals surface area contributed by atoms with Crippen LogP contribution in [0.15, 0.2) is 24.5 Å². The van der Waals surface area contributed by atoms with Gasteiger partial charge in [-0.1, -0.05) is 6.92 Å². The van der Waals surface area contributed by atoms with Gasteiger partial charge in [-0.2, -0.15) is 5.26 Å². The van der Waals surface area contributed by atoms with Gasteiger partial charge in [0.05, 0.1) is 17.9 Å². The van der Waals surface area contributed by atoms with Crippen LogP contribution in [0, 0.1) is 17.2 Å². The lowest BCUT2D eigenvalue weighted by atomic mass is 9.89. The van der Waals surface area contributed by atoms with Crippen molar-refractivity contribution in [2.24, 2.45) is 5.92 Å². The maximum absolute atomic E-state index is 10.7. The second-order valence-corrected chi connectivity index (χ2v) is 3.01. The third-order valence-corrected chi connectivity index (χ3v) is 2.09. The predicted octanol–water partition coefficient (Wildman–Crippen LogP) is 1.41. The predicted molar refractivity (Wildman–Crippen MR) is 49.4 cm³/mol. The van der Waals surface area contributed by atoms with E-state index in [-0.39, 0.29) is 0 Å². The number of carbonyl (C=O) groups is 1. The summed E-state index contributed by atoms with van der Waals surface area (Å²) in [5.74, 6) is -2.29. The van der Waals surface area contributed by atoms with E-state index in [0.717, 1.165) is 0 Å². The van der Waals surface area contributed by atoms with Crippen LogP contribution in [0.3, 0.4) is 0 Å². The van der Waals surface area contributed by atoms with Crippen LogP contribution < -0.4 is 0 Å². The Hall–Kier alpha value is -1.89. The van der Waals surface area contributed by atoms with Crippen LogP contribution in [0.5, 0.6) is 0 Å². The van der Waals surface area contributed by atoms with Crippen molar-refractivity contribution >= 4 is 5.97 Å². The quantitative estimate of drug-likeness (QED) is 0.781. The van der Waals surface area contributed by atoms with E-state index >= 15 is 0 Å². The van der Waals surface area contributed by atoms with Gasteiger partial charge in [-0.05, 0) is 17.7 Å². The number of nitriles is 1. The number of pyridine rings is 1. The molecule has 1 heterocycles. The van der Waals surface area contributed by atoms with E-state index in [0.29, 0.717) is 5.56 Å². The fourth-order valence-corrected chi connectivity index (χ4v) is 1.19. The average Bonchev–Trinajstić information content (AvgIpc) is 2.20. The summed E-state index contributed by atoms with van der Waals surface area (Å²) < 4.78 is 0. The van der Waals surface area contributed by atoms with E-state index in [4.69, 9.17) is 10.4 Å². The summed E-state index contributed by atoms with van der Waals surface area (Å²) in [6.45, 7) is 1.52. The van der Waals surface area contributed by atoms with Gasteiger partial charge in [0.1, 0.15) is 0 Å². The Balaban J connectivity index is 2.95. The molecule has 4 heteroatoms.